The summed E-state index contributed by atoms with van der Waals surface area (Å²) in [7, 11) is 0. The molecule has 0 spiro atoms. The molecule has 0 saturated heterocycles. The van der Waals surface area contributed by atoms with Crippen molar-refractivity contribution in [2.75, 3.05) is 0 Å². The van der Waals surface area contributed by atoms with Crippen LogP contribution in [0.2, 0.25) is 0 Å². The maximum atomic E-state index is 7.75. The third-order valence-corrected chi connectivity index (χ3v) is 0. The number of hydrogen-bond acceptors (Lipinski definition) is 2. The topological polar surface area (TPSA) is 46.2 Å². The van der Waals surface area contributed by atoms with Gasteiger partial charge >= 0.3 is 22.4 Å². The Kier molecular flexibility index (Phi) is 8.55. The summed E-state index contributed by atoms with van der Waals surface area (Å²) in [4.78, 5) is 0. The van der Waals surface area contributed by atoms with E-state index < -0.39 is 0 Å². The summed E-state index contributed by atoms with van der Waals surface area (Å²) >= 11 is 0. The van der Waals surface area contributed by atoms with Gasteiger partial charge in [-0.25, -0.2) is 0 Å². The molecule has 3 N–H and O–H groups in total. The number of hydrogen-bond donors (Lipinski definition) is 2. The third kappa shape index (κ3) is 75.7. The van der Waals surface area contributed by atoms with Gasteiger partial charge < -0.3 is 10.8 Å². The van der Waals surface area contributed by atoms with Gasteiger partial charge in [-0.3, -0.25) is 0 Å². The molecule has 0 bridgehead atoms. The van der Waals surface area contributed by atoms with Gasteiger partial charge in [0.05, 0.1) is 0 Å². The number of rotatable bonds is 0. The molecule has 5 heavy (non-hydrogen) atoms. The standard InChI is InChI=1S/C2H6NO.Ag/c1-2(3)4;/h4H,3H2,1H3;/q-1;+1. The minimum atomic E-state index is -0.0833. The normalized spacial score (nSPS) is 7.20. The zero-order chi connectivity index (χ0) is 3.58. The SMILES string of the molecule is C[C-](N)O.[Ag+]. The van der Waals surface area contributed by atoms with Gasteiger partial charge in [0.2, 0.25) is 0 Å². The zero-order valence-corrected chi connectivity index (χ0v) is 4.31. The van der Waals surface area contributed by atoms with Gasteiger partial charge in [-0.1, -0.05) is 0 Å². The Bertz CT molecular complexity index is 14.4. The molecule has 0 aromatic heterocycles. The molecule has 0 aromatic carbocycles. The molecule has 0 unspecified atom stereocenters. The largest absolute Gasteiger partial charge is 1.00 e. The van der Waals surface area contributed by atoms with Crippen molar-refractivity contribution in [3.05, 3.63) is 6.23 Å². The van der Waals surface area contributed by atoms with E-state index in [9.17, 15) is 0 Å². The summed E-state index contributed by atoms with van der Waals surface area (Å²) in [5.74, 6) is 0. The van der Waals surface area contributed by atoms with Crippen molar-refractivity contribution < 1.29 is 27.5 Å². The second kappa shape index (κ2) is 4.66. The monoisotopic (exact) mass is 167 g/mol. The Balaban J connectivity index is 0. The fraction of sp³-hybridized carbons (Fsp3) is 0.500. The van der Waals surface area contributed by atoms with E-state index in [0.29, 0.717) is 0 Å². The first-order valence-corrected chi connectivity index (χ1v) is 1.01. The molecular weight excluding hydrogens is 162 g/mol. The Hall–Kier alpha value is 0.660. The second-order valence-corrected chi connectivity index (χ2v) is 0.641. The fourth-order valence-electron chi connectivity index (χ4n) is 0. The van der Waals surface area contributed by atoms with Crippen molar-refractivity contribution in [1.82, 2.24) is 0 Å². The molecule has 0 atom stereocenters. The minimum absolute atomic E-state index is 0. The first-order valence-electron chi connectivity index (χ1n) is 1.01. The van der Waals surface area contributed by atoms with Crippen LogP contribution in [0.4, 0.5) is 0 Å². The van der Waals surface area contributed by atoms with E-state index in [0.717, 1.165) is 0 Å². The van der Waals surface area contributed by atoms with E-state index in [1.54, 1.807) is 0 Å². The van der Waals surface area contributed by atoms with Crippen LogP contribution < -0.4 is 5.73 Å². The molecule has 36 valence electrons. The average molecular weight is 168 g/mol. The van der Waals surface area contributed by atoms with Crippen LogP contribution in [0.1, 0.15) is 6.92 Å². The Morgan fingerprint density at radius 3 is 1.80 bits per heavy atom. The van der Waals surface area contributed by atoms with Crippen LogP contribution in [0, 0.1) is 6.23 Å². The fourth-order valence-corrected chi connectivity index (χ4v) is 0. The molecule has 0 amide bonds. The van der Waals surface area contributed by atoms with E-state index in [1.807, 2.05) is 0 Å². The van der Waals surface area contributed by atoms with E-state index in [4.69, 9.17) is 5.11 Å². The summed E-state index contributed by atoms with van der Waals surface area (Å²) in [6, 6.07) is 0. The molecule has 0 aliphatic heterocycles. The molecule has 0 heterocycles. The first kappa shape index (κ1) is 9.18. The van der Waals surface area contributed by atoms with Crippen molar-refractivity contribution in [3.63, 3.8) is 0 Å². The van der Waals surface area contributed by atoms with Crippen LogP contribution in [0.25, 0.3) is 0 Å². The molecule has 0 rings (SSSR count). The smallest absolute Gasteiger partial charge is 0.549 e. The van der Waals surface area contributed by atoms with Gasteiger partial charge in [-0.15, -0.1) is 6.23 Å². The van der Waals surface area contributed by atoms with Crippen molar-refractivity contribution in [2.24, 2.45) is 5.73 Å². The molecular formula is C2H6AgNO. The predicted molar refractivity (Wildman–Crippen MR) is 15.0 cm³/mol. The molecule has 3 heteroatoms. The maximum Gasteiger partial charge on any atom is 1.00 e. The van der Waals surface area contributed by atoms with Crippen LogP contribution in [0.5, 0.6) is 0 Å². The van der Waals surface area contributed by atoms with Crippen LogP contribution in [-0.2, 0) is 22.4 Å². The summed E-state index contributed by atoms with van der Waals surface area (Å²) in [6.45, 7) is 1.42. The van der Waals surface area contributed by atoms with Gasteiger partial charge in [0.25, 0.3) is 0 Å². The number of aliphatic hydroxyl groups excluding tert-OH is 1. The molecule has 0 radical (unpaired) electrons. The molecule has 0 aliphatic carbocycles. The zero-order valence-electron chi connectivity index (χ0n) is 2.83. The van der Waals surface area contributed by atoms with Gasteiger partial charge in [-0.05, 0) is 0 Å². The molecule has 0 saturated carbocycles. The van der Waals surface area contributed by atoms with Gasteiger partial charge in [0, 0.05) is 0 Å². The Morgan fingerprint density at radius 2 is 1.80 bits per heavy atom. The maximum absolute atomic E-state index is 7.75. The van der Waals surface area contributed by atoms with Crippen molar-refractivity contribution >= 4 is 0 Å². The third-order valence-electron chi connectivity index (χ3n) is 0. The summed E-state index contributed by atoms with van der Waals surface area (Å²) < 4.78 is 0. The number of aliphatic hydroxyl groups is 1. The van der Waals surface area contributed by atoms with E-state index in [-0.39, 0.29) is 28.6 Å². The summed E-state index contributed by atoms with van der Waals surface area (Å²) in [6.07, 6.45) is -0.0833. The van der Waals surface area contributed by atoms with E-state index in [1.165, 1.54) is 6.92 Å². The Labute approximate surface area is 46.9 Å². The van der Waals surface area contributed by atoms with Crippen molar-refractivity contribution in [2.45, 2.75) is 6.92 Å². The van der Waals surface area contributed by atoms with Crippen molar-refractivity contribution in [1.29, 1.82) is 0 Å². The van der Waals surface area contributed by atoms with Crippen LogP contribution in [0.15, 0.2) is 0 Å². The Morgan fingerprint density at radius 1 is 1.80 bits per heavy atom. The van der Waals surface area contributed by atoms with Gasteiger partial charge in [0.1, 0.15) is 0 Å². The molecule has 0 aliphatic rings. The summed E-state index contributed by atoms with van der Waals surface area (Å²) in [5.41, 5.74) is 4.58. The van der Waals surface area contributed by atoms with Gasteiger partial charge in [0.15, 0.2) is 0 Å². The first-order chi connectivity index (χ1) is 1.73. The predicted octanol–water partition coefficient (Wildman–Crippen LogP) is -0.176. The van der Waals surface area contributed by atoms with Gasteiger partial charge in [-0.2, -0.15) is 6.92 Å². The van der Waals surface area contributed by atoms with E-state index >= 15 is 0 Å². The number of nitrogens with two attached hydrogens (primary N) is 1. The average Bonchev–Trinajstić information content (AvgIpc) is 0.811. The molecule has 0 fully saturated rings. The minimum Gasteiger partial charge on any atom is -0.549 e. The summed E-state index contributed by atoms with van der Waals surface area (Å²) in [5, 5.41) is 7.75. The van der Waals surface area contributed by atoms with E-state index in [2.05, 4.69) is 5.73 Å². The molecule has 0 aromatic rings. The van der Waals surface area contributed by atoms with Crippen LogP contribution in [-0.4, -0.2) is 5.11 Å². The van der Waals surface area contributed by atoms with Crippen molar-refractivity contribution in [3.8, 4) is 0 Å². The quantitative estimate of drug-likeness (QED) is 0.389. The van der Waals surface area contributed by atoms with Crippen LogP contribution >= 0.6 is 0 Å². The van der Waals surface area contributed by atoms with Crippen LogP contribution in [0.3, 0.4) is 0 Å². The second-order valence-electron chi connectivity index (χ2n) is 0.641. The molecule has 2 nitrogen and oxygen atoms in total.